The third-order valence-corrected chi connectivity index (χ3v) is 8.84. The van der Waals surface area contributed by atoms with Gasteiger partial charge in [-0.15, -0.1) is 24.9 Å². The fourth-order valence-electron chi connectivity index (χ4n) is 5.51. The molecule has 0 aliphatic carbocycles. The number of ether oxygens (including phenoxy) is 1. The number of β-amino-alcohol motifs (C(OH)–C–C–N with tert-alkyl or cyclic N) is 1. The second-order valence-electron chi connectivity index (χ2n) is 8.84. The topological polar surface area (TPSA) is 87.1 Å². The lowest BCUT2D eigenvalue weighted by molar-refractivity contribution is -0.154. The van der Waals surface area contributed by atoms with Crippen molar-refractivity contribution in [1.29, 1.82) is 0 Å². The molecule has 178 valence electrons. The van der Waals surface area contributed by atoms with Crippen LogP contribution in [0.4, 0.5) is 0 Å². The smallest absolute Gasteiger partial charge is 0.310 e. The van der Waals surface area contributed by atoms with E-state index < -0.39 is 22.6 Å². The van der Waals surface area contributed by atoms with Crippen molar-refractivity contribution in [3.8, 4) is 0 Å². The van der Waals surface area contributed by atoms with Gasteiger partial charge >= 0.3 is 5.97 Å². The van der Waals surface area contributed by atoms with Gasteiger partial charge in [0, 0.05) is 24.9 Å². The molecule has 8 heteroatoms. The molecule has 2 unspecified atom stereocenters. The van der Waals surface area contributed by atoms with E-state index in [1.165, 1.54) is 4.90 Å². The molecule has 3 saturated heterocycles. The van der Waals surface area contributed by atoms with Crippen molar-refractivity contribution in [2.75, 3.05) is 32.8 Å². The van der Waals surface area contributed by atoms with Crippen LogP contribution in [0.2, 0.25) is 0 Å². The first-order valence-corrected chi connectivity index (χ1v) is 12.6. The fourth-order valence-corrected chi connectivity index (χ4v) is 7.72. The molecule has 3 fully saturated rings. The quantitative estimate of drug-likeness (QED) is 0.256. The molecule has 2 amide bonds. The van der Waals surface area contributed by atoms with Crippen LogP contribution in [-0.2, 0) is 19.1 Å². The molecule has 3 rings (SSSR count). The predicted octanol–water partition coefficient (Wildman–Crippen LogP) is 2.39. The first kappa shape index (κ1) is 24.8. The maximum atomic E-state index is 13.8. The second kappa shape index (κ2) is 10.9. The number of amides is 2. The van der Waals surface area contributed by atoms with E-state index in [0.717, 1.165) is 25.7 Å². The molecule has 0 aromatic carbocycles. The van der Waals surface area contributed by atoms with Gasteiger partial charge in [0.1, 0.15) is 6.04 Å². The van der Waals surface area contributed by atoms with E-state index in [9.17, 15) is 19.5 Å². The molecule has 32 heavy (non-hydrogen) atoms. The van der Waals surface area contributed by atoms with Gasteiger partial charge in [-0.25, -0.2) is 0 Å². The number of fused-ring (bicyclic) bond motifs is 1. The summed E-state index contributed by atoms with van der Waals surface area (Å²) >= 11 is 1.62. The zero-order valence-corrected chi connectivity index (χ0v) is 19.9. The number of carbonyl (C=O) groups is 3. The number of hydrogen-bond donors (Lipinski definition) is 1. The standard InChI is InChI=1S/C24H36N2O5S/c1-4-7-9-16-31-23(30)18-17-10-11-24(32-17)19(18)21(28)26(14-15-27)20(24)22(29)25(12-6-3)13-8-5-2/h4,6,17-20,27H,1,3,5,7-16H2,2H3/t17-,18+,19+,20?,24?/m1/s1. The highest BCUT2D eigenvalue weighted by atomic mass is 32.2. The van der Waals surface area contributed by atoms with Crippen LogP contribution in [0.5, 0.6) is 0 Å². The highest BCUT2D eigenvalue weighted by Gasteiger charge is 2.74. The number of aliphatic hydroxyl groups is 1. The van der Waals surface area contributed by atoms with Crippen molar-refractivity contribution in [3.63, 3.8) is 0 Å². The molecule has 1 spiro atoms. The number of rotatable bonds is 13. The molecule has 2 bridgehead atoms. The fraction of sp³-hybridized carbons (Fsp3) is 0.708. The van der Waals surface area contributed by atoms with Gasteiger partial charge in [0.25, 0.3) is 0 Å². The van der Waals surface area contributed by atoms with Gasteiger partial charge in [0.15, 0.2) is 0 Å². The molecule has 3 heterocycles. The maximum Gasteiger partial charge on any atom is 0.310 e. The molecule has 3 aliphatic rings. The van der Waals surface area contributed by atoms with Crippen molar-refractivity contribution in [1.82, 2.24) is 9.80 Å². The van der Waals surface area contributed by atoms with Crippen LogP contribution in [0.1, 0.15) is 45.4 Å². The number of esters is 1. The first-order chi connectivity index (χ1) is 15.5. The van der Waals surface area contributed by atoms with Gasteiger partial charge in [-0.1, -0.05) is 25.5 Å². The van der Waals surface area contributed by atoms with Crippen molar-refractivity contribution in [2.45, 2.75) is 61.5 Å². The Bertz CT molecular complexity index is 744. The highest BCUT2D eigenvalue weighted by Crippen LogP contribution is 2.66. The summed E-state index contributed by atoms with van der Waals surface area (Å²) in [5, 5.41) is 9.65. The average molecular weight is 465 g/mol. The van der Waals surface area contributed by atoms with Crippen LogP contribution in [-0.4, -0.2) is 81.6 Å². The SMILES string of the molecule is C=CCCCOC(=O)[C@@H]1[C@H]2C(=O)N(CCO)C(C(=O)N(CC=C)CCCC)C23CC[C@H]1S3. The Hall–Kier alpha value is -1.80. The molecule has 7 nitrogen and oxygen atoms in total. The number of likely N-dealkylation sites (tertiary alicyclic amines) is 1. The van der Waals surface area contributed by atoms with Gasteiger partial charge in [-0.3, -0.25) is 14.4 Å². The Balaban J connectivity index is 1.88. The summed E-state index contributed by atoms with van der Waals surface area (Å²) in [6.07, 6.45) is 8.28. The summed E-state index contributed by atoms with van der Waals surface area (Å²) in [6.45, 7) is 10.7. The molecule has 0 saturated carbocycles. The second-order valence-corrected chi connectivity index (χ2v) is 10.4. The number of unbranched alkanes of at least 4 members (excludes halogenated alkanes) is 2. The number of carbonyl (C=O) groups excluding carboxylic acids is 3. The third-order valence-electron chi connectivity index (χ3n) is 6.89. The van der Waals surface area contributed by atoms with E-state index in [1.54, 1.807) is 28.8 Å². The van der Waals surface area contributed by atoms with E-state index in [4.69, 9.17) is 4.74 Å². The summed E-state index contributed by atoms with van der Waals surface area (Å²) < 4.78 is 4.90. The summed E-state index contributed by atoms with van der Waals surface area (Å²) in [7, 11) is 0. The number of aliphatic hydroxyl groups excluding tert-OH is 1. The number of nitrogens with zero attached hydrogens (tertiary/aromatic N) is 2. The molecule has 1 N–H and O–H groups in total. The van der Waals surface area contributed by atoms with Crippen LogP contribution in [0.3, 0.4) is 0 Å². The summed E-state index contributed by atoms with van der Waals surface area (Å²) in [5.41, 5.74) is 0. The van der Waals surface area contributed by atoms with Crippen LogP contribution in [0, 0.1) is 11.8 Å². The van der Waals surface area contributed by atoms with E-state index in [2.05, 4.69) is 20.1 Å². The molecule has 5 atom stereocenters. The lowest BCUT2D eigenvalue weighted by atomic mass is 9.71. The summed E-state index contributed by atoms with van der Waals surface area (Å²) in [5.74, 6) is -1.75. The van der Waals surface area contributed by atoms with E-state index in [0.29, 0.717) is 32.5 Å². The first-order valence-electron chi connectivity index (χ1n) is 11.7. The lowest BCUT2D eigenvalue weighted by Crippen LogP contribution is -2.55. The minimum atomic E-state index is -0.669. The molecular weight excluding hydrogens is 428 g/mol. The predicted molar refractivity (Wildman–Crippen MR) is 125 cm³/mol. The number of thioether (sulfide) groups is 1. The van der Waals surface area contributed by atoms with Crippen LogP contribution in [0.15, 0.2) is 25.3 Å². The monoisotopic (exact) mass is 464 g/mol. The van der Waals surface area contributed by atoms with Crippen molar-refractivity contribution in [3.05, 3.63) is 25.3 Å². The normalized spacial score (nSPS) is 30.3. The van der Waals surface area contributed by atoms with Gasteiger partial charge < -0.3 is 19.6 Å². The zero-order chi connectivity index (χ0) is 23.3. The summed E-state index contributed by atoms with van der Waals surface area (Å²) in [6, 6.07) is -0.669. The lowest BCUT2D eigenvalue weighted by Gasteiger charge is -2.37. The van der Waals surface area contributed by atoms with Gasteiger partial charge in [0.05, 0.1) is 29.8 Å². The van der Waals surface area contributed by atoms with Gasteiger partial charge in [0.2, 0.25) is 11.8 Å². The highest BCUT2D eigenvalue weighted by molar-refractivity contribution is 8.02. The van der Waals surface area contributed by atoms with Crippen molar-refractivity contribution < 1.29 is 24.2 Å². The van der Waals surface area contributed by atoms with Crippen LogP contribution in [0.25, 0.3) is 0 Å². The Morgan fingerprint density at radius 3 is 2.78 bits per heavy atom. The van der Waals surface area contributed by atoms with Crippen LogP contribution >= 0.6 is 11.8 Å². The molecule has 0 aromatic heterocycles. The van der Waals surface area contributed by atoms with E-state index in [1.807, 2.05) is 0 Å². The maximum absolute atomic E-state index is 13.8. The van der Waals surface area contributed by atoms with E-state index in [-0.39, 0.29) is 36.2 Å². The Morgan fingerprint density at radius 1 is 1.34 bits per heavy atom. The molecular formula is C24H36N2O5S. The molecule has 0 aromatic rings. The van der Waals surface area contributed by atoms with E-state index >= 15 is 0 Å². The molecule has 0 radical (unpaired) electrons. The largest absolute Gasteiger partial charge is 0.465 e. The average Bonchev–Trinajstić information content (AvgIpc) is 3.42. The minimum absolute atomic E-state index is 0.00840. The molecule has 3 aliphatic heterocycles. The Labute approximate surface area is 195 Å². The van der Waals surface area contributed by atoms with Crippen LogP contribution < -0.4 is 0 Å². The van der Waals surface area contributed by atoms with Crippen molar-refractivity contribution in [2.24, 2.45) is 11.8 Å². The Morgan fingerprint density at radius 2 is 2.12 bits per heavy atom. The minimum Gasteiger partial charge on any atom is -0.465 e. The van der Waals surface area contributed by atoms with Crippen molar-refractivity contribution >= 4 is 29.5 Å². The summed E-state index contributed by atoms with van der Waals surface area (Å²) in [4.78, 5) is 43.6. The van der Waals surface area contributed by atoms with Gasteiger partial charge in [-0.05, 0) is 32.1 Å². The van der Waals surface area contributed by atoms with Gasteiger partial charge in [-0.2, -0.15) is 0 Å². The number of allylic oxidation sites excluding steroid dienone is 1. The Kier molecular flexibility index (Phi) is 8.44. The third kappa shape index (κ3) is 4.36. The number of hydrogen-bond acceptors (Lipinski definition) is 6. The zero-order valence-electron chi connectivity index (χ0n) is 19.0.